The number of halogens is 1. The molecule has 7 heteroatoms. The van der Waals surface area contributed by atoms with Gasteiger partial charge in [-0.1, -0.05) is 37.1 Å². The average molecular weight is 532 g/mol. The Morgan fingerprint density at radius 1 is 1.05 bits per heavy atom. The monoisotopic (exact) mass is 531 g/mol. The van der Waals surface area contributed by atoms with E-state index in [4.69, 9.17) is 14.2 Å². The highest BCUT2D eigenvalue weighted by molar-refractivity contribution is 5.78. The zero-order valence-corrected chi connectivity index (χ0v) is 22.5. The van der Waals surface area contributed by atoms with Gasteiger partial charge in [0.05, 0.1) is 25.8 Å². The SMILES string of the molecule is COCC1(c2cc(COc3ccc4c(c3)C3(CC4)CC3C(=O)O)ccc2-c2cc(OC)ncc2F)CCCC1. The molecular formula is C32H34FNO5. The maximum Gasteiger partial charge on any atom is 0.307 e. The van der Waals surface area contributed by atoms with E-state index in [0.717, 1.165) is 66.5 Å². The topological polar surface area (TPSA) is 77.9 Å². The summed E-state index contributed by atoms with van der Waals surface area (Å²) in [5.74, 6) is -0.277. The van der Waals surface area contributed by atoms with Crippen molar-refractivity contribution in [3.8, 4) is 22.8 Å². The van der Waals surface area contributed by atoms with E-state index in [1.165, 1.54) is 18.9 Å². The van der Waals surface area contributed by atoms with Gasteiger partial charge >= 0.3 is 5.97 Å². The molecule has 6 nitrogen and oxygen atoms in total. The summed E-state index contributed by atoms with van der Waals surface area (Å²) in [5.41, 5.74) is 5.27. The first-order valence-electron chi connectivity index (χ1n) is 13.7. The number of rotatable bonds is 9. The van der Waals surface area contributed by atoms with Crippen LogP contribution in [0.3, 0.4) is 0 Å². The van der Waals surface area contributed by atoms with Crippen LogP contribution in [0, 0.1) is 11.7 Å². The molecule has 2 atom stereocenters. The lowest BCUT2D eigenvalue weighted by Gasteiger charge is -2.32. The summed E-state index contributed by atoms with van der Waals surface area (Å²) in [6.07, 6.45) is 7.87. The second-order valence-electron chi connectivity index (χ2n) is 11.4. The average Bonchev–Trinajstić information content (AvgIpc) is 3.31. The van der Waals surface area contributed by atoms with Gasteiger partial charge in [-0.2, -0.15) is 0 Å². The maximum absolute atomic E-state index is 15.1. The molecule has 1 spiro atoms. The highest BCUT2D eigenvalue weighted by Gasteiger charge is 2.61. The van der Waals surface area contributed by atoms with Crippen molar-refractivity contribution in [3.05, 3.63) is 76.7 Å². The molecule has 0 bridgehead atoms. The van der Waals surface area contributed by atoms with Gasteiger partial charge in [-0.05, 0) is 72.1 Å². The predicted molar refractivity (Wildman–Crippen MR) is 145 cm³/mol. The third kappa shape index (κ3) is 4.46. The number of ether oxygens (including phenoxy) is 3. The summed E-state index contributed by atoms with van der Waals surface area (Å²) in [5, 5.41) is 9.58. The van der Waals surface area contributed by atoms with Crippen LogP contribution in [-0.4, -0.2) is 36.9 Å². The number of fused-ring (bicyclic) bond motifs is 2. The van der Waals surface area contributed by atoms with Crippen LogP contribution in [0.15, 0.2) is 48.7 Å². The van der Waals surface area contributed by atoms with Crippen molar-refractivity contribution in [2.24, 2.45) is 5.92 Å². The van der Waals surface area contributed by atoms with Crippen LogP contribution in [0.1, 0.15) is 60.8 Å². The molecule has 2 fully saturated rings. The summed E-state index contributed by atoms with van der Waals surface area (Å²) in [7, 11) is 3.25. The van der Waals surface area contributed by atoms with Gasteiger partial charge in [0.15, 0.2) is 0 Å². The molecule has 1 N–H and O–H groups in total. The lowest BCUT2D eigenvalue weighted by atomic mass is 9.75. The number of hydrogen-bond acceptors (Lipinski definition) is 5. The van der Waals surface area contributed by atoms with Crippen LogP contribution in [0.4, 0.5) is 4.39 Å². The van der Waals surface area contributed by atoms with Crippen LogP contribution < -0.4 is 9.47 Å². The Labute approximate surface area is 228 Å². The number of methoxy groups -OCH3 is 2. The van der Waals surface area contributed by atoms with E-state index in [2.05, 4.69) is 17.1 Å². The highest BCUT2D eigenvalue weighted by Crippen LogP contribution is 2.62. The third-order valence-corrected chi connectivity index (χ3v) is 9.20. The molecule has 39 heavy (non-hydrogen) atoms. The first-order valence-corrected chi connectivity index (χ1v) is 13.7. The van der Waals surface area contributed by atoms with Gasteiger partial charge < -0.3 is 19.3 Å². The van der Waals surface area contributed by atoms with Gasteiger partial charge in [-0.15, -0.1) is 0 Å². The van der Waals surface area contributed by atoms with Crippen molar-refractivity contribution in [2.75, 3.05) is 20.8 Å². The molecule has 204 valence electrons. The van der Waals surface area contributed by atoms with Gasteiger partial charge in [-0.25, -0.2) is 9.37 Å². The van der Waals surface area contributed by atoms with E-state index in [1.54, 1.807) is 13.2 Å². The van der Waals surface area contributed by atoms with Crippen LogP contribution in [0.25, 0.3) is 11.1 Å². The second-order valence-corrected chi connectivity index (χ2v) is 11.4. The number of carboxylic acids is 1. The lowest BCUT2D eigenvalue weighted by Crippen LogP contribution is -2.29. The summed E-state index contributed by atoms with van der Waals surface area (Å²) in [6, 6.07) is 13.9. The highest BCUT2D eigenvalue weighted by atomic mass is 19.1. The van der Waals surface area contributed by atoms with Gasteiger partial charge in [0.2, 0.25) is 5.88 Å². The number of benzene rings is 2. The molecule has 2 saturated carbocycles. The first kappa shape index (κ1) is 25.8. The van der Waals surface area contributed by atoms with Crippen molar-refractivity contribution in [1.82, 2.24) is 4.98 Å². The standard InChI is InChI=1S/C32H34FNO5/c1-37-19-31(10-3-4-11-31)26-13-20(5-8-23(26)24-15-29(38-2)34-17-28(24)33)18-39-22-7-6-21-9-12-32(25(21)14-22)16-27(32)30(35)36/h5-8,13-15,17,27H,3-4,9-12,16,18-19H2,1-2H3,(H,35,36). The molecule has 0 aliphatic heterocycles. The lowest BCUT2D eigenvalue weighted by molar-refractivity contribution is -0.139. The molecule has 0 radical (unpaired) electrons. The zero-order chi connectivity index (χ0) is 27.2. The Morgan fingerprint density at radius 3 is 2.59 bits per heavy atom. The van der Waals surface area contributed by atoms with Gasteiger partial charge in [0, 0.05) is 29.6 Å². The Bertz CT molecular complexity index is 1420. The number of carboxylic acid groups (broad SMARTS) is 1. The van der Waals surface area contributed by atoms with Crippen molar-refractivity contribution < 1.29 is 28.5 Å². The minimum atomic E-state index is -0.707. The van der Waals surface area contributed by atoms with E-state index in [-0.39, 0.29) is 16.7 Å². The number of carbonyl (C=O) groups is 1. The number of aliphatic carboxylic acids is 1. The number of hydrogen-bond donors (Lipinski definition) is 1. The molecule has 3 aromatic rings. The van der Waals surface area contributed by atoms with Gasteiger partial charge in [-0.3, -0.25) is 4.79 Å². The largest absolute Gasteiger partial charge is 0.489 e. The maximum atomic E-state index is 15.1. The second kappa shape index (κ2) is 9.94. The summed E-state index contributed by atoms with van der Waals surface area (Å²) in [6.45, 7) is 0.915. The quantitative estimate of drug-likeness (QED) is 0.353. The fourth-order valence-electron chi connectivity index (χ4n) is 7.10. The fourth-order valence-corrected chi connectivity index (χ4v) is 7.10. The van der Waals surface area contributed by atoms with Crippen molar-refractivity contribution in [2.45, 2.75) is 62.4 Å². The van der Waals surface area contributed by atoms with Gasteiger partial charge in [0.1, 0.15) is 18.2 Å². The summed E-state index contributed by atoms with van der Waals surface area (Å²) >= 11 is 0. The van der Waals surface area contributed by atoms with Crippen LogP contribution in [-0.2, 0) is 33.4 Å². The molecule has 2 unspecified atom stereocenters. The molecule has 0 amide bonds. The van der Waals surface area contributed by atoms with Gasteiger partial charge in [0.25, 0.3) is 0 Å². The number of pyridine rings is 1. The Hall–Kier alpha value is -3.45. The van der Waals surface area contributed by atoms with E-state index in [1.807, 2.05) is 24.3 Å². The number of aromatic nitrogens is 1. The van der Waals surface area contributed by atoms with E-state index in [0.29, 0.717) is 31.1 Å². The van der Waals surface area contributed by atoms with Crippen molar-refractivity contribution >= 4 is 5.97 Å². The minimum Gasteiger partial charge on any atom is -0.489 e. The first-order chi connectivity index (χ1) is 18.9. The van der Waals surface area contributed by atoms with Crippen molar-refractivity contribution in [1.29, 1.82) is 0 Å². The third-order valence-electron chi connectivity index (χ3n) is 9.20. The Balaban J connectivity index is 1.32. The molecular weight excluding hydrogens is 497 g/mol. The zero-order valence-electron chi connectivity index (χ0n) is 22.5. The number of aryl methyl sites for hydroxylation is 1. The summed E-state index contributed by atoms with van der Waals surface area (Å²) < 4.78 is 32.4. The fraction of sp³-hybridized carbons (Fsp3) is 0.438. The molecule has 0 saturated heterocycles. The van der Waals surface area contributed by atoms with Crippen LogP contribution in [0.5, 0.6) is 11.6 Å². The summed E-state index contributed by atoms with van der Waals surface area (Å²) in [4.78, 5) is 15.7. The smallest absolute Gasteiger partial charge is 0.307 e. The molecule has 1 aromatic heterocycles. The normalized spacial score (nSPS) is 22.6. The number of nitrogens with zero attached hydrogens (tertiary/aromatic N) is 1. The Kier molecular flexibility index (Phi) is 6.58. The predicted octanol–water partition coefficient (Wildman–Crippen LogP) is 6.22. The molecule has 3 aliphatic rings. The molecule has 6 rings (SSSR count). The minimum absolute atomic E-state index is 0.208. The van der Waals surface area contributed by atoms with E-state index < -0.39 is 11.8 Å². The van der Waals surface area contributed by atoms with Crippen LogP contribution in [0.2, 0.25) is 0 Å². The molecule has 1 heterocycles. The molecule has 3 aliphatic carbocycles. The van der Waals surface area contributed by atoms with E-state index in [9.17, 15) is 9.90 Å². The van der Waals surface area contributed by atoms with Crippen molar-refractivity contribution in [3.63, 3.8) is 0 Å². The molecule has 2 aromatic carbocycles. The van der Waals surface area contributed by atoms with Crippen LogP contribution >= 0.6 is 0 Å². The Morgan fingerprint density at radius 2 is 1.87 bits per heavy atom. The van der Waals surface area contributed by atoms with E-state index >= 15 is 4.39 Å².